The number of imidazole rings is 1. The number of aromatic nitrogens is 2. The van der Waals surface area contributed by atoms with E-state index < -0.39 is 0 Å². The molecule has 1 aromatic carbocycles. The summed E-state index contributed by atoms with van der Waals surface area (Å²) < 4.78 is 2.10. The number of nitrogens with zero attached hydrogens (tertiary/aromatic N) is 5. The molecule has 1 saturated heterocycles. The molecule has 2 aliphatic rings. The lowest BCUT2D eigenvalue weighted by atomic mass is 9.96. The highest BCUT2D eigenvalue weighted by molar-refractivity contribution is 5.97. The number of rotatable bonds is 4. The van der Waals surface area contributed by atoms with Crippen molar-refractivity contribution in [3.8, 4) is 0 Å². The van der Waals surface area contributed by atoms with Crippen LogP contribution in [0.2, 0.25) is 0 Å². The first-order valence-corrected chi connectivity index (χ1v) is 11.4. The molecule has 0 unspecified atom stereocenters. The molecule has 168 valence electrons. The Bertz CT molecular complexity index is 939. The number of amides is 3. The molecule has 8 heteroatoms. The summed E-state index contributed by atoms with van der Waals surface area (Å²) >= 11 is 0. The average molecular weight is 427 g/mol. The molecule has 0 spiro atoms. The van der Waals surface area contributed by atoms with Gasteiger partial charge in [0.15, 0.2) is 0 Å². The van der Waals surface area contributed by atoms with Crippen molar-refractivity contribution >= 4 is 23.0 Å². The maximum absolute atomic E-state index is 12.6. The largest absolute Gasteiger partial charge is 0.345 e. The molecular formula is C23H34N6O2. The van der Waals surface area contributed by atoms with Gasteiger partial charge in [-0.1, -0.05) is 19.3 Å². The molecule has 0 atom stereocenters. The molecule has 2 heterocycles. The van der Waals surface area contributed by atoms with Gasteiger partial charge in [0, 0.05) is 58.9 Å². The summed E-state index contributed by atoms with van der Waals surface area (Å²) in [5, 5.41) is 3.22. The molecule has 0 bridgehead atoms. The summed E-state index contributed by atoms with van der Waals surface area (Å²) in [5.74, 6) is 0.960. The van der Waals surface area contributed by atoms with Crippen molar-refractivity contribution in [3.63, 3.8) is 0 Å². The van der Waals surface area contributed by atoms with Gasteiger partial charge in [-0.25, -0.2) is 9.78 Å². The molecule has 2 aromatic rings. The zero-order valence-corrected chi connectivity index (χ0v) is 18.9. The Morgan fingerprint density at radius 3 is 2.48 bits per heavy atom. The van der Waals surface area contributed by atoms with Crippen LogP contribution in [-0.2, 0) is 13.6 Å². The van der Waals surface area contributed by atoms with Crippen LogP contribution in [0, 0.1) is 0 Å². The molecule has 1 aromatic heterocycles. The van der Waals surface area contributed by atoms with Gasteiger partial charge in [-0.05, 0) is 31.0 Å². The number of benzene rings is 1. The summed E-state index contributed by atoms with van der Waals surface area (Å²) in [4.78, 5) is 35.5. The number of aryl methyl sites for hydroxylation is 1. The molecule has 31 heavy (non-hydrogen) atoms. The highest BCUT2D eigenvalue weighted by atomic mass is 16.2. The van der Waals surface area contributed by atoms with Crippen molar-refractivity contribution in [1.82, 2.24) is 29.6 Å². The van der Waals surface area contributed by atoms with Crippen molar-refractivity contribution in [2.45, 2.75) is 44.7 Å². The van der Waals surface area contributed by atoms with Gasteiger partial charge in [-0.15, -0.1) is 0 Å². The summed E-state index contributed by atoms with van der Waals surface area (Å²) in [6, 6.07) is 6.14. The fourth-order valence-corrected chi connectivity index (χ4v) is 4.60. The molecular weight excluding hydrogens is 392 g/mol. The normalized spacial score (nSPS) is 18.4. The molecule has 1 N–H and O–H groups in total. The van der Waals surface area contributed by atoms with Gasteiger partial charge in [-0.2, -0.15) is 0 Å². The van der Waals surface area contributed by atoms with E-state index in [0.717, 1.165) is 62.4 Å². The van der Waals surface area contributed by atoms with Gasteiger partial charge in [0.1, 0.15) is 5.82 Å². The standard InChI is InChI=1S/C23H34N6O2/c1-26(2)22(30)17-9-10-20-19(15-17)25-21(27(20)3)16-28-11-13-29(14-12-28)23(31)24-18-7-5-4-6-8-18/h9-10,15,18H,4-8,11-14,16H2,1-3H3,(H,24,31). The van der Waals surface area contributed by atoms with E-state index in [4.69, 9.17) is 4.98 Å². The Balaban J connectivity index is 1.35. The lowest BCUT2D eigenvalue weighted by Crippen LogP contribution is -2.53. The number of fused-ring (bicyclic) bond motifs is 1. The number of urea groups is 1. The molecule has 1 aliphatic carbocycles. The van der Waals surface area contributed by atoms with E-state index in [1.165, 1.54) is 19.3 Å². The Kier molecular flexibility index (Phi) is 6.46. The van der Waals surface area contributed by atoms with Gasteiger partial charge in [0.2, 0.25) is 0 Å². The Labute approximate surface area is 184 Å². The minimum absolute atomic E-state index is 0.0169. The topological polar surface area (TPSA) is 73.7 Å². The van der Waals surface area contributed by atoms with Crippen molar-refractivity contribution in [2.75, 3.05) is 40.3 Å². The number of piperazine rings is 1. The van der Waals surface area contributed by atoms with E-state index in [2.05, 4.69) is 14.8 Å². The van der Waals surface area contributed by atoms with Gasteiger partial charge in [-0.3, -0.25) is 9.69 Å². The number of hydrogen-bond donors (Lipinski definition) is 1. The van der Waals surface area contributed by atoms with Crippen LogP contribution in [0.25, 0.3) is 11.0 Å². The smallest absolute Gasteiger partial charge is 0.317 e. The van der Waals surface area contributed by atoms with Gasteiger partial charge < -0.3 is 19.7 Å². The van der Waals surface area contributed by atoms with Crippen LogP contribution in [0.1, 0.15) is 48.3 Å². The second-order valence-electron chi connectivity index (χ2n) is 9.04. The summed E-state index contributed by atoms with van der Waals surface area (Å²) in [7, 11) is 5.53. The summed E-state index contributed by atoms with van der Waals surface area (Å²) in [6.45, 7) is 3.89. The van der Waals surface area contributed by atoms with Crippen LogP contribution in [0.4, 0.5) is 4.79 Å². The van der Waals surface area contributed by atoms with Crippen molar-refractivity contribution in [1.29, 1.82) is 0 Å². The Morgan fingerprint density at radius 2 is 1.81 bits per heavy atom. The minimum Gasteiger partial charge on any atom is -0.345 e. The number of carbonyl (C=O) groups is 2. The minimum atomic E-state index is -0.0169. The first-order chi connectivity index (χ1) is 14.9. The molecule has 2 fully saturated rings. The lowest BCUT2D eigenvalue weighted by Gasteiger charge is -2.35. The van der Waals surface area contributed by atoms with E-state index in [1.807, 2.05) is 30.1 Å². The monoisotopic (exact) mass is 426 g/mol. The number of hydrogen-bond acceptors (Lipinski definition) is 4. The highest BCUT2D eigenvalue weighted by Gasteiger charge is 2.25. The number of carbonyl (C=O) groups excluding carboxylic acids is 2. The van der Waals surface area contributed by atoms with Crippen LogP contribution in [0.15, 0.2) is 18.2 Å². The third kappa shape index (κ3) is 4.84. The van der Waals surface area contributed by atoms with E-state index in [0.29, 0.717) is 11.6 Å². The van der Waals surface area contributed by atoms with E-state index in [1.54, 1.807) is 19.0 Å². The van der Waals surface area contributed by atoms with Crippen molar-refractivity contribution in [2.24, 2.45) is 7.05 Å². The van der Waals surface area contributed by atoms with Crippen LogP contribution >= 0.6 is 0 Å². The molecule has 0 radical (unpaired) electrons. The molecule has 8 nitrogen and oxygen atoms in total. The van der Waals surface area contributed by atoms with Crippen LogP contribution in [0.5, 0.6) is 0 Å². The lowest BCUT2D eigenvalue weighted by molar-refractivity contribution is 0.0827. The third-order valence-corrected chi connectivity index (χ3v) is 6.58. The van der Waals surface area contributed by atoms with Crippen LogP contribution in [-0.4, -0.2) is 82.5 Å². The molecule has 3 amide bonds. The van der Waals surface area contributed by atoms with Gasteiger partial charge in [0.25, 0.3) is 5.91 Å². The Hall–Kier alpha value is -2.61. The maximum atomic E-state index is 12.6. The highest BCUT2D eigenvalue weighted by Crippen LogP contribution is 2.20. The first-order valence-electron chi connectivity index (χ1n) is 11.4. The van der Waals surface area contributed by atoms with Gasteiger partial charge in [0.05, 0.1) is 17.6 Å². The second kappa shape index (κ2) is 9.26. The fourth-order valence-electron chi connectivity index (χ4n) is 4.60. The molecule has 1 aliphatic heterocycles. The molecule has 4 rings (SSSR count). The van der Waals surface area contributed by atoms with E-state index in [-0.39, 0.29) is 11.9 Å². The SMILES string of the molecule is CN(C)C(=O)c1ccc2c(c1)nc(CN1CCN(C(=O)NC3CCCCC3)CC1)n2C. The number of nitrogens with one attached hydrogen (secondary N) is 1. The van der Waals surface area contributed by atoms with Crippen LogP contribution in [0.3, 0.4) is 0 Å². The maximum Gasteiger partial charge on any atom is 0.317 e. The zero-order chi connectivity index (χ0) is 22.0. The van der Waals surface area contributed by atoms with Gasteiger partial charge >= 0.3 is 6.03 Å². The fraction of sp³-hybridized carbons (Fsp3) is 0.609. The Morgan fingerprint density at radius 1 is 1.10 bits per heavy atom. The first kappa shape index (κ1) is 21.6. The second-order valence-corrected chi connectivity index (χ2v) is 9.04. The predicted molar refractivity (Wildman–Crippen MR) is 121 cm³/mol. The summed E-state index contributed by atoms with van der Waals surface area (Å²) in [6.07, 6.45) is 5.96. The predicted octanol–water partition coefficient (Wildman–Crippen LogP) is 2.44. The zero-order valence-electron chi connectivity index (χ0n) is 18.9. The van der Waals surface area contributed by atoms with Crippen molar-refractivity contribution < 1.29 is 9.59 Å². The summed E-state index contributed by atoms with van der Waals surface area (Å²) in [5.41, 5.74) is 2.52. The van der Waals surface area contributed by atoms with Crippen LogP contribution < -0.4 is 5.32 Å². The third-order valence-electron chi connectivity index (χ3n) is 6.58. The average Bonchev–Trinajstić information content (AvgIpc) is 3.08. The quantitative estimate of drug-likeness (QED) is 0.815. The van der Waals surface area contributed by atoms with Crippen molar-refractivity contribution in [3.05, 3.63) is 29.6 Å². The van der Waals surface area contributed by atoms with E-state index in [9.17, 15) is 9.59 Å². The molecule has 1 saturated carbocycles. The van der Waals surface area contributed by atoms with E-state index >= 15 is 0 Å².